The molecule has 1 saturated heterocycles. The molecule has 1 aliphatic rings. The van der Waals surface area contributed by atoms with Crippen LogP contribution in [0.15, 0.2) is 18.3 Å². The van der Waals surface area contributed by atoms with Gasteiger partial charge in [0.1, 0.15) is 5.82 Å². The van der Waals surface area contributed by atoms with E-state index in [1.165, 1.54) is 0 Å². The van der Waals surface area contributed by atoms with Crippen LogP contribution in [-0.4, -0.2) is 23.4 Å². The first-order valence-electron chi connectivity index (χ1n) is 5.18. The number of nitrogens with two attached hydrogens (primary N) is 1. The van der Waals surface area contributed by atoms with Gasteiger partial charge in [0.15, 0.2) is 5.78 Å². The highest BCUT2D eigenvalue weighted by molar-refractivity contribution is 6.02. The Kier molecular flexibility index (Phi) is 2.68. The first kappa shape index (κ1) is 10.1. The van der Waals surface area contributed by atoms with Crippen LogP contribution in [0.3, 0.4) is 0 Å². The van der Waals surface area contributed by atoms with Crippen molar-refractivity contribution in [3.05, 3.63) is 23.9 Å². The Bertz CT molecular complexity index is 378. The Labute approximate surface area is 88.9 Å². The fraction of sp³-hybridized carbons (Fsp3) is 0.455. The number of anilines is 1. The molecule has 2 unspecified atom stereocenters. The summed E-state index contributed by atoms with van der Waals surface area (Å²) < 4.78 is 0. The molecule has 0 radical (unpaired) electrons. The molecule has 2 atom stereocenters. The summed E-state index contributed by atoms with van der Waals surface area (Å²) in [6.45, 7) is 2.93. The third-order valence-corrected chi connectivity index (χ3v) is 2.97. The molecule has 15 heavy (non-hydrogen) atoms. The van der Waals surface area contributed by atoms with Crippen molar-refractivity contribution in [1.82, 2.24) is 10.3 Å². The number of rotatable bonds is 2. The number of nitrogens with zero attached hydrogens (tertiary/aromatic N) is 1. The van der Waals surface area contributed by atoms with Crippen molar-refractivity contribution in [2.45, 2.75) is 19.4 Å². The minimum absolute atomic E-state index is 0.0384. The Morgan fingerprint density at radius 1 is 1.67 bits per heavy atom. The number of pyridine rings is 1. The molecular weight excluding hydrogens is 190 g/mol. The Balaban J connectivity index is 2.24. The zero-order chi connectivity index (χ0) is 10.8. The zero-order valence-electron chi connectivity index (χ0n) is 8.73. The van der Waals surface area contributed by atoms with Crippen LogP contribution in [0.1, 0.15) is 23.7 Å². The number of hydrogen-bond donors (Lipinski definition) is 2. The van der Waals surface area contributed by atoms with E-state index in [-0.39, 0.29) is 17.7 Å². The standard InChI is InChI=1S/C11H15N3O/c1-7-8(4-6-13-7)10(15)9-3-2-5-14-11(9)12/h2-3,5,7-8,13H,4,6H2,1H3,(H2,12,14). The summed E-state index contributed by atoms with van der Waals surface area (Å²) in [6, 6.07) is 3.73. The number of aromatic nitrogens is 1. The van der Waals surface area contributed by atoms with Crippen molar-refractivity contribution in [3.63, 3.8) is 0 Å². The van der Waals surface area contributed by atoms with Gasteiger partial charge in [0.2, 0.25) is 0 Å². The van der Waals surface area contributed by atoms with Gasteiger partial charge in [0, 0.05) is 18.2 Å². The lowest BCUT2D eigenvalue weighted by molar-refractivity contribution is 0.0914. The highest BCUT2D eigenvalue weighted by Crippen LogP contribution is 2.22. The van der Waals surface area contributed by atoms with Crippen LogP contribution < -0.4 is 11.1 Å². The quantitative estimate of drug-likeness (QED) is 0.702. The van der Waals surface area contributed by atoms with Crippen molar-refractivity contribution in [2.75, 3.05) is 12.3 Å². The highest BCUT2D eigenvalue weighted by atomic mass is 16.1. The molecule has 80 valence electrons. The van der Waals surface area contributed by atoms with E-state index in [2.05, 4.69) is 10.3 Å². The van der Waals surface area contributed by atoms with Crippen LogP contribution >= 0.6 is 0 Å². The topological polar surface area (TPSA) is 68.0 Å². The summed E-state index contributed by atoms with van der Waals surface area (Å²) in [5, 5.41) is 3.26. The monoisotopic (exact) mass is 205 g/mol. The number of carbonyl (C=O) groups is 1. The van der Waals surface area contributed by atoms with Crippen LogP contribution in [0, 0.1) is 5.92 Å². The molecule has 0 bridgehead atoms. The lowest BCUT2D eigenvalue weighted by atomic mass is 9.92. The molecule has 0 amide bonds. The molecule has 0 saturated carbocycles. The van der Waals surface area contributed by atoms with Crippen LogP contribution in [-0.2, 0) is 0 Å². The van der Waals surface area contributed by atoms with Gasteiger partial charge in [-0.2, -0.15) is 0 Å². The zero-order valence-corrected chi connectivity index (χ0v) is 8.73. The van der Waals surface area contributed by atoms with Gasteiger partial charge in [0.05, 0.1) is 5.56 Å². The summed E-state index contributed by atoms with van der Waals surface area (Å²) in [6.07, 6.45) is 2.48. The first-order valence-corrected chi connectivity index (χ1v) is 5.18. The van der Waals surface area contributed by atoms with Crippen LogP contribution in [0.2, 0.25) is 0 Å². The average Bonchev–Trinajstić information content (AvgIpc) is 2.64. The molecule has 0 aromatic carbocycles. The van der Waals surface area contributed by atoms with Gasteiger partial charge in [-0.1, -0.05) is 0 Å². The second kappa shape index (κ2) is 3.98. The first-order chi connectivity index (χ1) is 7.20. The molecule has 4 heteroatoms. The molecule has 0 aliphatic carbocycles. The van der Waals surface area contributed by atoms with Gasteiger partial charge in [-0.05, 0) is 32.0 Å². The summed E-state index contributed by atoms with van der Waals surface area (Å²) in [5.74, 6) is 0.483. The van der Waals surface area contributed by atoms with Gasteiger partial charge in [0.25, 0.3) is 0 Å². The van der Waals surface area contributed by atoms with E-state index in [0.717, 1.165) is 13.0 Å². The van der Waals surface area contributed by atoms with Gasteiger partial charge in [-0.3, -0.25) is 4.79 Å². The SMILES string of the molecule is CC1NCCC1C(=O)c1cccnc1N. The summed E-state index contributed by atoms with van der Waals surface area (Å²) in [7, 11) is 0. The van der Waals surface area contributed by atoms with Crippen LogP contribution in [0.5, 0.6) is 0 Å². The second-order valence-corrected chi connectivity index (χ2v) is 3.94. The van der Waals surface area contributed by atoms with E-state index in [0.29, 0.717) is 11.4 Å². The van der Waals surface area contributed by atoms with Crippen molar-refractivity contribution in [2.24, 2.45) is 5.92 Å². The fourth-order valence-electron chi connectivity index (χ4n) is 2.04. The predicted molar refractivity (Wildman–Crippen MR) is 58.6 cm³/mol. The smallest absolute Gasteiger partial charge is 0.171 e. The van der Waals surface area contributed by atoms with Gasteiger partial charge in [-0.15, -0.1) is 0 Å². The van der Waals surface area contributed by atoms with Gasteiger partial charge < -0.3 is 11.1 Å². The lowest BCUT2D eigenvalue weighted by Gasteiger charge is -2.14. The molecule has 1 fully saturated rings. The summed E-state index contributed by atoms with van der Waals surface area (Å²) in [5.41, 5.74) is 6.24. The second-order valence-electron chi connectivity index (χ2n) is 3.94. The maximum Gasteiger partial charge on any atom is 0.171 e. The van der Waals surface area contributed by atoms with E-state index in [1.54, 1.807) is 18.3 Å². The third-order valence-electron chi connectivity index (χ3n) is 2.97. The highest BCUT2D eigenvalue weighted by Gasteiger charge is 2.30. The number of hydrogen-bond acceptors (Lipinski definition) is 4. The maximum atomic E-state index is 12.1. The molecule has 1 aromatic rings. The van der Waals surface area contributed by atoms with Crippen molar-refractivity contribution in [1.29, 1.82) is 0 Å². The lowest BCUT2D eigenvalue weighted by Crippen LogP contribution is -2.28. The van der Waals surface area contributed by atoms with Crippen molar-refractivity contribution in [3.8, 4) is 0 Å². The molecule has 4 nitrogen and oxygen atoms in total. The molecular formula is C11H15N3O. The average molecular weight is 205 g/mol. The predicted octanol–water partition coefficient (Wildman–Crippen LogP) is 0.845. The minimum Gasteiger partial charge on any atom is -0.383 e. The Hall–Kier alpha value is -1.42. The molecule has 2 rings (SSSR count). The fourth-order valence-corrected chi connectivity index (χ4v) is 2.04. The van der Waals surface area contributed by atoms with E-state index in [4.69, 9.17) is 5.73 Å². The number of nitrogens with one attached hydrogen (secondary N) is 1. The molecule has 1 aliphatic heterocycles. The van der Waals surface area contributed by atoms with E-state index in [1.807, 2.05) is 6.92 Å². The third kappa shape index (κ3) is 1.85. The number of Topliss-reactive ketones (excluding diaryl/α,β-unsaturated/α-hetero) is 1. The van der Waals surface area contributed by atoms with Gasteiger partial charge >= 0.3 is 0 Å². The maximum absolute atomic E-state index is 12.1. The van der Waals surface area contributed by atoms with Crippen molar-refractivity contribution < 1.29 is 4.79 Å². The summed E-state index contributed by atoms with van der Waals surface area (Å²) in [4.78, 5) is 16.1. The van der Waals surface area contributed by atoms with Crippen LogP contribution in [0.4, 0.5) is 5.82 Å². The normalized spacial score (nSPS) is 25.4. The summed E-state index contributed by atoms with van der Waals surface area (Å²) >= 11 is 0. The minimum atomic E-state index is 0.0384. The molecule has 2 heterocycles. The van der Waals surface area contributed by atoms with Crippen molar-refractivity contribution >= 4 is 11.6 Å². The Morgan fingerprint density at radius 2 is 2.47 bits per heavy atom. The van der Waals surface area contributed by atoms with E-state index < -0.39 is 0 Å². The van der Waals surface area contributed by atoms with E-state index >= 15 is 0 Å². The number of carbonyl (C=O) groups excluding carboxylic acids is 1. The van der Waals surface area contributed by atoms with Gasteiger partial charge in [-0.25, -0.2) is 4.98 Å². The number of nitrogen functional groups attached to an aromatic ring is 1. The number of ketones is 1. The molecule has 3 N–H and O–H groups in total. The largest absolute Gasteiger partial charge is 0.383 e. The molecule has 1 aromatic heterocycles. The van der Waals surface area contributed by atoms with Crippen LogP contribution in [0.25, 0.3) is 0 Å². The van der Waals surface area contributed by atoms with E-state index in [9.17, 15) is 4.79 Å². The molecule has 0 spiro atoms. The Morgan fingerprint density at radius 3 is 3.07 bits per heavy atom.